The molecule has 1 atom stereocenters. The van der Waals surface area contributed by atoms with Gasteiger partial charge in [0.05, 0.1) is 24.2 Å². The second-order valence-corrected chi connectivity index (χ2v) is 3.99. The fourth-order valence-electron chi connectivity index (χ4n) is 1.49. The van der Waals surface area contributed by atoms with Gasteiger partial charge >= 0.3 is 6.18 Å². The second-order valence-electron chi connectivity index (χ2n) is 3.99. The molecule has 0 bridgehead atoms. The van der Waals surface area contributed by atoms with Crippen molar-refractivity contribution in [3.8, 4) is 0 Å². The molecule has 7 heteroatoms. The Morgan fingerprint density at radius 3 is 2.50 bits per heavy atom. The van der Waals surface area contributed by atoms with E-state index in [9.17, 15) is 13.2 Å². The highest BCUT2D eigenvalue weighted by molar-refractivity contribution is 5.45. The van der Waals surface area contributed by atoms with Crippen LogP contribution in [-0.4, -0.2) is 36.0 Å². The summed E-state index contributed by atoms with van der Waals surface area (Å²) in [6.45, 7) is 0.166. The van der Waals surface area contributed by atoms with Gasteiger partial charge in [-0.3, -0.25) is 4.98 Å². The minimum absolute atomic E-state index is 0.0985. The van der Waals surface area contributed by atoms with Gasteiger partial charge in [0, 0.05) is 12.6 Å². The zero-order chi connectivity index (χ0) is 13.8. The number of aromatic nitrogens is 1. The molecule has 1 unspecified atom stereocenters. The Balaban J connectivity index is 2.85. The van der Waals surface area contributed by atoms with Gasteiger partial charge in [-0.25, -0.2) is 0 Å². The van der Waals surface area contributed by atoms with Crippen molar-refractivity contribution in [1.29, 1.82) is 0 Å². The smallest absolute Gasteiger partial charge is 0.395 e. The van der Waals surface area contributed by atoms with Crippen LogP contribution in [0.5, 0.6) is 0 Å². The molecule has 0 aliphatic heterocycles. The van der Waals surface area contributed by atoms with Crippen molar-refractivity contribution < 1.29 is 18.3 Å². The summed E-state index contributed by atoms with van der Waals surface area (Å²) in [6, 6.07) is 2.83. The monoisotopic (exact) mass is 263 g/mol. The largest absolute Gasteiger partial charge is 0.405 e. The van der Waals surface area contributed by atoms with Crippen LogP contribution in [-0.2, 0) is 0 Å². The lowest BCUT2D eigenvalue weighted by atomic mass is 10.2. The first-order valence-electron chi connectivity index (χ1n) is 5.47. The summed E-state index contributed by atoms with van der Waals surface area (Å²) in [5.74, 6) is 0. The van der Waals surface area contributed by atoms with Crippen molar-refractivity contribution in [1.82, 2.24) is 4.98 Å². The molecule has 1 heterocycles. The topological polar surface area (TPSA) is 62.4 Å². The lowest BCUT2D eigenvalue weighted by Crippen LogP contribution is -2.36. The molecule has 0 amide bonds. The summed E-state index contributed by atoms with van der Waals surface area (Å²) in [5.41, 5.74) is 6.52. The Hall–Kier alpha value is -1.34. The summed E-state index contributed by atoms with van der Waals surface area (Å²) in [7, 11) is 0. The number of nitrogens with two attached hydrogens (primary N) is 1. The van der Waals surface area contributed by atoms with E-state index in [1.54, 1.807) is 13.0 Å². The molecule has 4 nitrogen and oxygen atoms in total. The van der Waals surface area contributed by atoms with Crippen LogP contribution in [0.3, 0.4) is 0 Å². The van der Waals surface area contributed by atoms with Crippen LogP contribution in [0.25, 0.3) is 0 Å². The predicted molar refractivity (Wildman–Crippen MR) is 62.2 cm³/mol. The van der Waals surface area contributed by atoms with E-state index in [2.05, 4.69) is 4.98 Å². The van der Waals surface area contributed by atoms with Gasteiger partial charge in [0.15, 0.2) is 0 Å². The number of pyridine rings is 1. The fourth-order valence-corrected chi connectivity index (χ4v) is 1.49. The van der Waals surface area contributed by atoms with E-state index < -0.39 is 12.7 Å². The molecule has 0 aromatic carbocycles. The fraction of sp³-hybridized carbons (Fsp3) is 0.545. The number of alkyl halides is 3. The molecule has 0 aliphatic rings. The summed E-state index contributed by atoms with van der Waals surface area (Å²) in [5, 5.41) is 8.79. The first-order valence-corrected chi connectivity index (χ1v) is 5.47. The average Bonchev–Trinajstić information content (AvgIpc) is 2.27. The van der Waals surface area contributed by atoms with Crippen LogP contribution in [0.1, 0.15) is 18.7 Å². The lowest BCUT2D eigenvalue weighted by Gasteiger charge is -2.25. The van der Waals surface area contributed by atoms with Crippen molar-refractivity contribution >= 4 is 5.69 Å². The Morgan fingerprint density at radius 1 is 1.44 bits per heavy atom. The molecule has 18 heavy (non-hydrogen) atoms. The van der Waals surface area contributed by atoms with Gasteiger partial charge in [-0.15, -0.1) is 0 Å². The molecule has 0 spiro atoms. The summed E-state index contributed by atoms with van der Waals surface area (Å²) < 4.78 is 37.1. The normalized spacial score (nSPS) is 13.4. The van der Waals surface area contributed by atoms with Crippen LogP contribution in [0.4, 0.5) is 18.9 Å². The Labute approximate surface area is 103 Å². The van der Waals surface area contributed by atoms with Gasteiger partial charge in [-0.05, 0) is 19.1 Å². The van der Waals surface area contributed by atoms with Crippen molar-refractivity contribution in [3.63, 3.8) is 0 Å². The minimum atomic E-state index is -4.32. The predicted octanol–water partition coefficient (Wildman–Crippen LogP) is 1.46. The number of aliphatic hydroxyl groups is 1. The number of aliphatic hydroxyl groups excluding tert-OH is 1. The summed E-state index contributed by atoms with van der Waals surface area (Å²) in [4.78, 5) is 5.02. The molecule has 0 fully saturated rings. The SMILES string of the molecule is CC(N)c1ccc(N(CCO)CC(F)(F)F)cn1. The first kappa shape index (κ1) is 14.7. The number of halogens is 3. The second kappa shape index (κ2) is 6.01. The maximum atomic E-state index is 12.4. The molecular weight excluding hydrogens is 247 g/mol. The zero-order valence-corrected chi connectivity index (χ0v) is 9.98. The summed E-state index contributed by atoms with van der Waals surface area (Å²) in [6.07, 6.45) is -2.99. The molecule has 1 aromatic heterocycles. The van der Waals surface area contributed by atoms with Crippen molar-refractivity contribution in [2.24, 2.45) is 5.73 Å². The van der Waals surface area contributed by atoms with Crippen LogP contribution in [0.2, 0.25) is 0 Å². The third-order valence-electron chi connectivity index (χ3n) is 2.34. The van der Waals surface area contributed by atoms with E-state index in [0.717, 1.165) is 4.90 Å². The highest BCUT2D eigenvalue weighted by Gasteiger charge is 2.30. The third-order valence-corrected chi connectivity index (χ3v) is 2.34. The van der Waals surface area contributed by atoms with E-state index in [1.165, 1.54) is 12.3 Å². The third kappa shape index (κ3) is 4.50. The van der Waals surface area contributed by atoms with Crippen LogP contribution in [0.15, 0.2) is 18.3 Å². The highest BCUT2D eigenvalue weighted by Crippen LogP contribution is 2.22. The van der Waals surface area contributed by atoms with Crippen molar-refractivity contribution in [2.45, 2.75) is 19.1 Å². The van der Waals surface area contributed by atoms with Gasteiger partial charge < -0.3 is 15.7 Å². The van der Waals surface area contributed by atoms with Gasteiger partial charge in [0.25, 0.3) is 0 Å². The van der Waals surface area contributed by atoms with Crippen molar-refractivity contribution in [2.75, 3.05) is 24.6 Å². The average molecular weight is 263 g/mol. The Kier molecular flexibility index (Phi) is 4.92. The first-order chi connectivity index (χ1) is 8.33. The Morgan fingerprint density at radius 2 is 2.11 bits per heavy atom. The van der Waals surface area contributed by atoms with Gasteiger partial charge in [-0.1, -0.05) is 0 Å². The van der Waals surface area contributed by atoms with E-state index >= 15 is 0 Å². The van der Waals surface area contributed by atoms with Crippen molar-refractivity contribution in [3.05, 3.63) is 24.0 Å². The van der Waals surface area contributed by atoms with E-state index in [1.807, 2.05) is 0 Å². The standard InChI is InChI=1S/C11H16F3N3O/c1-8(15)10-3-2-9(6-16-10)17(4-5-18)7-11(12,13)14/h2-3,6,8,18H,4-5,7,15H2,1H3. The lowest BCUT2D eigenvalue weighted by molar-refractivity contribution is -0.119. The van der Waals surface area contributed by atoms with E-state index in [-0.39, 0.29) is 19.2 Å². The molecule has 102 valence electrons. The molecule has 1 aromatic rings. The maximum Gasteiger partial charge on any atom is 0.405 e. The van der Waals surface area contributed by atoms with Crippen LogP contribution < -0.4 is 10.6 Å². The zero-order valence-electron chi connectivity index (χ0n) is 9.98. The molecular formula is C11H16F3N3O. The summed E-state index contributed by atoms with van der Waals surface area (Å²) >= 11 is 0. The molecule has 0 radical (unpaired) electrons. The van der Waals surface area contributed by atoms with Gasteiger partial charge in [-0.2, -0.15) is 13.2 Å². The molecule has 0 aliphatic carbocycles. The van der Waals surface area contributed by atoms with E-state index in [0.29, 0.717) is 11.4 Å². The maximum absolute atomic E-state index is 12.4. The molecule has 1 rings (SSSR count). The number of hydrogen-bond donors (Lipinski definition) is 2. The van der Waals surface area contributed by atoms with Crippen LogP contribution >= 0.6 is 0 Å². The quantitative estimate of drug-likeness (QED) is 0.844. The molecule has 0 saturated heterocycles. The molecule has 3 N–H and O–H groups in total. The minimum Gasteiger partial charge on any atom is -0.395 e. The highest BCUT2D eigenvalue weighted by atomic mass is 19.4. The van der Waals surface area contributed by atoms with E-state index in [4.69, 9.17) is 10.8 Å². The number of rotatable bonds is 5. The number of anilines is 1. The van der Waals surface area contributed by atoms with Gasteiger partial charge in [0.2, 0.25) is 0 Å². The van der Waals surface area contributed by atoms with Crippen LogP contribution in [0, 0.1) is 0 Å². The number of hydrogen-bond acceptors (Lipinski definition) is 4. The van der Waals surface area contributed by atoms with Gasteiger partial charge in [0.1, 0.15) is 6.54 Å². The molecule has 0 saturated carbocycles. The number of nitrogens with zero attached hydrogens (tertiary/aromatic N) is 2. The Bertz CT molecular complexity index is 365.